The summed E-state index contributed by atoms with van der Waals surface area (Å²) < 4.78 is 0. The lowest BCUT2D eigenvalue weighted by atomic mass is 9.99. The normalized spacial score (nSPS) is 16.4. The third kappa shape index (κ3) is 4.93. The molecule has 0 fully saturated rings. The molecule has 2 amide bonds. The van der Waals surface area contributed by atoms with E-state index in [0.29, 0.717) is 31.7 Å². The molecule has 0 atom stereocenters. The van der Waals surface area contributed by atoms with Gasteiger partial charge in [0.15, 0.2) is 0 Å². The molecule has 0 spiro atoms. The molecule has 0 radical (unpaired) electrons. The molecule has 2 aromatic rings. The first-order valence-electron chi connectivity index (χ1n) is 9.75. The van der Waals surface area contributed by atoms with Crippen molar-refractivity contribution in [2.45, 2.75) is 25.7 Å². The van der Waals surface area contributed by atoms with Gasteiger partial charge in [-0.2, -0.15) is 0 Å². The van der Waals surface area contributed by atoms with Gasteiger partial charge in [0.2, 0.25) is 11.8 Å². The molecular formula is C23H22ClN3O2. The average molecular weight is 408 g/mol. The van der Waals surface area contributed by atoms with Crippen LogP contribution in [0.25, 0.3) is 6.08 Å². The van der Waals surface area contributed by atoms with Crippen LogP contribution in [0.1, 0.15) is 29.5 Å². The quantitative estimate of drug-likeness (QED) is 0.614. The fraction of sp³-hybridized carbons (Fsp3) is 0.261. The summed E-state index contributed by atoms with van der Waals surface area (Å²) in [5.41, 5.74) is 4.40. The molecule has 2 aliphatic rings. The highest BCUT2D eigenvalue weighted by Gasteiger charge is 2.17. The maximum absolute atomic E-state index is 12.5. The van der Waals surface area contributed by atoms with Gasteiger partial charge in [-0.05, 0) is 60.2 Å². The van der Waals surface area contributed by atoms with Gasteiger partial charge in [0.1, 0.15) is 5.82 Å². The van der Waals surface area contributed by atoms with Crippen molar-refractivity contribution < 1.29 is 9.59 Å². The summed E-state index contributed by atoms with van der Waals surface area (Å²) in [5.74, 6) is 0.614. The third-order valence-electron chi connectivity index (χ3n) is 5.22. The van der Waals surface area contributed by atoms with Gasteiger partial charge < -0.3 is 10.2 Å². The minimum absolute atomic E-state index is 0.00338. The number of carbonyl (C=O) groups is 2. The number of halogens is 1. The summed E-state index contributed by atoms with van der Waals surface area (Å²) in [6.45, 7) is 1.33. The number of nitrogens with zero attached hydrogens (tertiary/aromatic N) is 2. The monoisotopic (exact) mass is 407 g/mol. The predicted molar refractivity (Wildman–Crippen MR) is 115 cm³/mol. The van der Waals surface area contributed by atoms with Crippen LogP contribution < -0.4 is 5.32 Å². The fourth-order valence-corrected chi connectivity index (χ4v) is 3.83. The second-order valence-electron chi connectivity index (χ2n) is 7.36. The Morgan fingerprint density at radius 2 is 2.14 bits per heavy atom. The number of hydrogen-bond acceptors (Lipinski definition) is 3. The molecule has 5 nitrogen and oxygen atoms in total. The van der Waals surface area contributed by atoms with Gasteiger partial charge in [0.25, 0.3) is 0 Å². The standard InChI is InChI=1S/C23H22ClN3O2/c24-20-3-1-2-17(14-20)12-16-8-10-27(11-9-16)22(29)7-4-18-13-19-5-6-21(28)26-23(19)25-15-18/h1-4,7-8,13-15H,5-6,9-12H2,(H,25,26,28)/b7-4+. The van der Waals surface area contributed by atoms with Gasteiger partial charge in [-0.15, -0.1) is 0 Å². The number of fused-ring (bicyclic) bond motifs is 1. The van der Waals surface area contributed by atoms with E-state index in [4.69, 9.17) is 11.6 Å². The van der Waals surface area contributed by atoms with Crippen LogP contribution in [-0.2, 0) is 22.4 Å². The van der Waals surface area contributed by atoms with Crippen molar-refractivity contribution in [3.63, 3.8) is 0 Å². The number of anilines is 1. The van der Waals surface area contributed by atoms with Gasteiger partial charge in [-0.3, -0.25) is 9.59 Å². The maximum atomic E-state index is 12.5. The van der Waals surface area contributed by atoms with E-state index in [2.05, 4.69) is 22.4 Å². The number of carbonyl (C=O) groups excluding carboxylic acids is 2. The number of aromatic nitrogens is 1. The van der Waals surface area contributed by atoms with E-state index < -0.39 is 0 Å². The van der Waals surface area contributed by atoms with Crippen molar-refractivity contribution in [3.05, 3.63) is 76.0 Å². The molecule has 3 heterocycles. The summed E-state index contributed by atoms with van der Waals surface area (Å²) in [4.78, 5) is 30.1. The summed E-state index contributed by atoms with van der Waals surface area (Å²) in [5, 5.41) is 3.51. The molecule has 0 bridgehead atoms. The molecule has 0 aliphatic carbocycles. The number of amides is 2. The molecular weight excluding hydrogens is 386 g/mol. The first kappa shape index (κ1) is 19.4. The Morgan fingerprint density at radius 3 is 2.93 bits per heavy atom. The van der Waals surface area contributed by atoms with E-state index in [1.165, 1.54) is 11.1 Å². The lowest BCUT2D eigenvalue weighted by Crippen LogP contribution is -2.33. The van der Waals surface area contributed by atoms with Crippen molar-refractivity contribution in [2.75, 3.05) is 18.4 Å². The van der Waals surface area contributed by atoms with E-state index in [9.17, 15) is 9.59 Å². The Kier molecular flexibility index (Phi) is 5.76. The lowest BCUT2D eigenvalue weighted by Gasteiger charge is -2.25. The molecule has 1 aromatic carbocycles. The second-order valence-corrected chi connectivity index (χ2v) is 7.80. The van der Waals surface area contributed by atoms with Crippen LogP contribution in [-0.4, -0.2) is 34.8 Å². The van der Waals surface area contributed by atoms with E-state index >= 15 is 0 Å². The van der Waals surface area contributed by atoms with Crippen LogP contribution in [0.5, 0.6) is 0 Å². The minimum Gasteiger partial charge on any atom is -0.335 e. The molecule has 0 saturated heterocycles. The van der Waals surface area contributed by atoms with Crippen LogP contribution in [0.2, 0.25) is 5.02 Å². The topological polar surface area (TPSA) is 62.3 Å². The first-order chi connectivity index (χ1) is 14.1. The number of hydrogen-bond donors (Lipinski definition) is 1. The van der Waals surface area contributed by atoms with Crippen molar-refractivity contribution in [2.24, 2.45) is 0 Å². The maximum Gasteiger partial charge on any atom is 0.246 e. The van der Waals surface area contributed by atoms with Crippen LogP contribution in [0.15, 0.2) is 54.3 Å². The number of aryl methyl sites for hydroxylation is 1. The number of rotatable bonds is 4. The average Bonchev–Trinajstić information content (AvgIpc) is 2.72. The van der Waals surface area contributed by atoms with Crippen LogP contribution in [0.3, 0.4) is 0 Å². The molecule has 1 aromatic heterocycles. The molecule has 0 saturated carbocycles. The van der Waals surface area contributed by atoms with E-state index in [1.54, 1.807) is 18.3 Å². The summed E-state index contributed by atoms with van der Waals surface area (Å²) in [6.07, 6.45) is 10.1. The van der Waals surface area contributed by atoms with Gasteiger partial charge in [-0.25, -0.2) is 4.98 Å². The summed E-state index contributed by atoms with van der Waals surface area (Å²) in [7, 11) is 0. The zero-order valence-electron chi connectivity index (χ0n) is 16.0. The third-order valence-corrected chi connectivity index (χ3v) is 5.46. The van der Waals surface area contributed by atoms with Crippen molar-refractivity contribution in [3.8, 4) is 0 Å². The highest BCUT2D eigenvalue weighted by molar-refractivity contribution is 6.30. The Hall–Kier alpha value is -2.92. The smallest absolute Gasteiger partial charge is 0.246 e. The molecule has 4 rings (SSSR count). The Balaban J connectivity index is 1.35. The zero-order chi connectivity index (χ0) is 20.2. The number of benzene rings is 1. The van der Waals surface area contributed by atoms with Gasteiger partial charge in [0.05, 0.1) is 0 Å². The predicted octanol–water partition coefficient (Wildman–Crippen LogP) is 4.03. The minimum atomic E-state index is -0.00548. The molecule has 6 heteroatoms. The van der Waals surface area contributed by atoms with E-state index in [1.807, 2.05) is 29.2 Å². The van der Waals surface area contributed by atoms with Crippen LogP contribution in [0, 0.1) is 0 Å². The molecule has 29 heavy (non-hydrogen) atoms. The van der Waals surface area contributed by atoms with Gasteiger partial charge in [0, 0.05) is 36.8 Å². The summed E-state index contributed by atoms with van der Waals surface area (Å²) >= 11 is 6.06. The largest absolute Gasteiger partial charge is 0.335 e. The molecule has 1 N–H and O–H groups in total. The highest BCUT2D eigenvalue weighted by Crippen LogP contribution is 2.22. The Bertz CT molecular complexity index is 1010. The van der Waals surface area contributed by atoms with Gasteiger partial charge in [-0.1, -0.05) is 35.4 Å². The Labute approximate surface area is 175 Å². The van der Waals surface area contributed by atoms with Crippen molar-refractivity contribution >= 4 is 35.3 Å². The highest BCUT2D eigenvalue weighted by atomic mass is 35.5. The zero-order valence-corrected chi connectivity index (χ0v) is 16.8. The van der Waals surface area contributed by atoms with Crippen LogP contribution >= 0.6 is 11.6 Å². The second kappa shape index (κ2) is 8.62. The molecule has 2 aliphatic heterocycles. The number of nitrogens with one attached hydrogen (secondary N) is 1. The first-order valence-corrected chi connectivity index (χ1v) is 10.1. The summed E-state index contributed by atoms with van der Waals surface area (Å²) in [6, 6.07) is 9.88. The molecule has 0 unspecified atom stereocenters. The lowest BCUT2D eigenvalue weighted by molar-refractivity contribution is -0.125. The van der Waals surface area contributed by atoms with Crippen molar-refractivity contribution in [1.29, 1.82) is 0 Å². The van der Waals surface area contributed by atoms with Crippen LogP contribution in [0.4, 0.5) is 5.82 Å². The molecule has 148 valence electrons. The SMILES string of the molecule is O=C1CCc2cc(/C=C/C(=O)N3CC=C(Cc4cccc(Cl)c4)CC3)cnc2N1. The van der Waals surface area contributed by atoms with E-state index in [-0.39, 0.29) is 11.8 Å². The van der Waals surface area contributed by atoms with Gasteiger partial charge >= 0.3 is 0 Å². The van der Waals surface area contributed by atoms with E-state index in [0.717, 1.165) is 29.0 Å². The van der Waals surface area contributed by atoms with Crippen molar-refractivity contribution in [1.82, 2.24) is 9.88 Å². The number of pyridine rings is 1. The Morgan fingerprint density at radius 1 is 1.24 bits per heavy atom. The fourth-order valence-electron chi connectivity index (χ4n) is 3.62.